The summed E-state index contributed by atoms with van der Waals surface area (Å²) in [6.45, 7) is 8.39. The van der Waals surface area contributed by atoms with Crippen molar-refractivity contribution in [3.63, 3.8) is 0 Å². The number of hydrogen-bond donors (Lipinski definition) is 0. The SMILES string of the molecule is CCC(=O)N(c1ccc(Cl)cc1)C1CC(CN(CC)CC)N(C(=O)c2ccc(F)cc2)c2ccccc21. The van der Waals surface area contributed by atoms with E-state index in [0.29, 0.717) is 30.0 Å². The number of likely N-dealkylation sites (N-methyl/N-ethyl adjacent to an activating group) is 1. The van der Waals surface area contributed by atoms with Gasteiger partial charge < -0.3 is 14.7 Å². The maximum atomic E-state index is 13.9. The quantitative estimate of drug-likeness (QED) is 0.330. The molecule has 5 nitrogen and oxygen atoms in total. The van der Waals surface area contributed by atoms with Crippen molar-refractivity contribution in [2.24, 2.45) is 0 Å². The lowest BCUT2D eigenvalue weighted by Crippen LogP contribution is -2.53. The van der Waals surface area contributed by atoms with Gasteiger partial charge in [0, 0.05) is 34.9 Å². The monoisotopic (exact) mass is 521 g/mol. The minimum absolute atomic E-state index is 0.00188. The second-order valence-corrected chi connectivity index (χ2v) is 9.66. The van der Waals surface area contributed by atoms with Crippen molar-refractivity contribution in [3.8, 4) is 0 Å². The molecule has 194 valence electrons. The molecule has 37 heavy (non-hydrogen) atoms. The molecule has 0 spiro atoms. The Kier molecular flexibility index (Phi) is 8.62. The van der Waals surface area contributed by atoms with E-state index < -0.39 is 0 Å². The Balaban J connectivity index is 1.85. The molecule has 0 aliphatic carbocycles. The van der Waals surface area contributed by atoms with Gasteiger partial charge in [-0.25, -0.2) is 4.39 Å². The molecule has 1 heterocycles. The Hall–Kier alpha value is -3.22. The Morgan fingerprint density at radius 3 is 2.22 bits per heavy atom. The van der Waals surface area contributed by atoms with Gasteiger partial charge >= 0.3 is 0 Å². The maximum absolute atomic E-state index is 13.9. The largest absolute Gasteiger partial charge is 0.305 e. The lowest BCUT2D eigenvalue weighted by Gasteiger charge is -2.46. The van der Waals surface area contributed by atoms with Gasteiger partial charge in [-0.1, -0.05) is 50.6 Å². The molecule has 0 fully saturated rings. The Labute approximate surface area is 223 Å². The number of carbonyl (C=O) groups excluding carboxylic acids is 2. The van der Waals surface area contributed by atoms with Crippen LogP contribution in [0.5, 0.6) is 0 Å². The van der Waals surface area contributed by atoms with Crippen LogP contribution in [0.15, 0.2) is 72.8 Å². The highest BCUT2D eigenvalue weighted by atomic mass is 35.5. The van der Waals surface area contributed by atoms with Gasteiger partial charge in [0.25, 0.3) is 5.91 Å². The van der Waals surface area contributed by atoms with E-state index >= 15 is 0 Å². The summed E-state index contributed by atoms with van der Waals surface area (Å²) < 4.78 is 13.6. The van der Waals surface area contributed by atoms with Crippen molar-refractivity contribution in [2.75, 3.05) is 29.4 Å². The normalized spacial score (nSPS) is 17.0. The number of rotatable bonds is 8. The highest BCUT2D eigenvalue weighted by molar-refractivity contribution is 6.30. The van der Waals surface area contributed by atoms with Crippen LogP contribution < -0.4 is 9.80 Å². The molecule has 3 aromatic carbocycles. The van der Waals surface area contributed by atoms with E-state index in [9.17, 15) is 14.0 Å². The minimum atomic E-state index is -0.382. The molecule has 0 aromatic heterocycles. The number of hydrogen-bond acceptors (Lipinski definition) is 3. The second kappa shape index (κ2) is 11.9. The zero-order valence-corrected chi connectivity index (χ0v) is 22.3. The summed E-state index contributed by atoms with van der Waals surface area (Å²) in [7, 11) is 0. The van der Waals surface area contributed by atoms with Crippen LogP contribution in [0.1, 0.15) is 55.6 Å². The van der Waals surface area contributed by atoms with E-state index in [1.807, 2.05) is 53.1 Å². The number of anilines is 2. The standard InChI is InChI=1S/C30H33ClFN3O2/c1-4-29(36)34(24-17-13-22(31)14-18-24)28-19-25(20-33(5-2)6-3)35(27-10-8-7-9-26(27)28)30(37)21-11-15-23(32)16-12-21/h7-18,25,28H,4-6,19-20H2,1-3H3. The third kappa shape index (κ3) is 5.71. The highest BCUT2D eigenvalue weighted by Gasteiger charge is 2.40. The molecule has 0 saturated heterocycles. The molecule has 1 aliphatic heterocycles. The smallest absolute Gasteiger partial charge is 0.258 e. The number of para-hydroxylation sites is 1. The van der Waals surface area contributed by atoms with Gasteiger partial charge in [0.2, 0.25) is 5.91 Å². The molecule has 4 rings (SSSR count). The molecule has 2 atom stereocenters. The van der Waals surface area contributed by atoms with E-state index in [1.165, 1.54) is 24.3 Å². The Morgan fingerprint density at radius 1 is 0.946 bits per heavy atom. The molecule has 3 aromatic rings. The topological polar surface area (TPSA) is 43.9 Å². The van der Waals surface area contributed by atoms with E-state index in [-0.39, 0.29) is 29.7 Å². The fraction of sp³-hybridized carbons (Fsp3) is 0.333. The van der Waals surface area contributed by atoms with Crippen molar-refractivity contribution in [1.82, 2.24) is 4.90 Å². The average Bonchev–Trinajstić information content (AvgIpc) is 2.92. The number of benzene rings is 3. The minimum Gasteiger partial charge on any atom is -0.305 e. The summed E-state index contributed by atoms with van der Waals surface area (Å²) >= 11 is 6.15. The fourth-order valence-electron chi connectivity index (χ4n) is 5.13. The van der Waals surface area contributed by atoms with Crippen LogP contribution in [0.2, 0.25) is 5.02 Å². The Bertz CT molecular complexity index is 1230. The molecule has 1 aliphatic rings. The molecule has 0 N–H and O–H groups in total. The van der Waals surface area contributed by atoms with Crippen molar-refractivity contribution < 1.29 is 14.0 Å². The first-order valence-corrected chi connectivity index (χ1v) is 13.2. The average molecular weight is 522 g/mol. The zero-order chi connectivity index (χ0) is 26.5. The van der Waals surface area contributed by atoms with Crippen molar-refractivity contribution in [1.29, 1.82) is 0 Å². The number of fused-ring (bicyclic) bond motifs is 1. The van der Waals surface area contributed by atoms with Crippen LogP contribution in [-0.2, 0) is 4.79 Å². The summed E-state index contributed by atoms with van der Waals surface area (Å²) in [5.74, 6) is -0.558. The first-order chi connectivity index (χ1) is 17.9. The first kappa shape index (κ1) is 26.8. The summed E-state index contributed by atoms with van der Waals surface area (Å²) in [6, 6.07) is 20.3. The predicted molar refractivity (Wildman–Crippen MR) is 148 cm³/mol. The lowest BCUT2D eigenvalue weighted by molar-refractivity contribution is -0.118. The Morgan fingerprint density at radius 2 is 1.59 bits per heavy atom. The lowest BCUT2D eigenvalue weighted by atomic mass is 9.88. The van der Waals surface area contributed by atoms with Crippen LogP contribution in [-0.4, -0.2) is 42.4 Å². The zero-order valence-electron chi connectivity index (χ0n) is 21.5. The van der Waals surface area contributed by atoms with Crippen LogP contribution in [0.25, 0.3) is 0 Å². The molecule has 0 saturated carbocycles. The van der Waals surface area contributed by atoms with Crippen LogP contribution >= 0.6 is 11.6 Å². The fourth-order valence-corrected chi connectivity index (χ4v) is 5.26. The molecular weight excluding hydrogens is 489 g/mol. The number of halogens is 2. The van der Waals surface area contributed by atoms with Gasteiger partial charge in [-0.3, -0.25) is 9.59 Å². The van der Waals surface area contributed by atoms with Crippen LogP contribution in [0.3, 0.4) is 0 Å². The number of nitrogens with zero attached hydrogens (tertiary/aromatic N) is 3. The van der Waals surface area contributed by atoms with E-state index in [1.54, 1.807) is 12.1 Å². The van der Waals surface area contributed by atoms with Crippen molar-refractivity contribution >= 4 is 34.8 Å². The van der Waals surface area contributed by atoms with Gasteiger partial charge in [0.15, 0.2) is 0 Å². The summed E-state index contributed by atoms with van der Waals surface area (Å²) in [4.78, 5) is 33.3. The summed E-state index contributed by atoms with van der Waals surface area (Å²) in [5.41, 5.74) is 2.88. The molecule has 0 radical (unpaired) electrons. The van der Waals surface area contributed by atoms with E-state index in [2.05, 4.69) is 18.7 Å². The van der Waals surface area contributed by atoms with Crippen molar-refractivity contribution in [2.45, 2.75) is 45.7 Å². The summed E-state index contributed by atoms with van der Waals surface area (Å²) in [6.07, 6.45) is 0.912. The number of carbonyl (C=O) groups is 2. The van der Waals surface area contributed by atoms with Gasteiger partial charge in [-0.05, 0) is 79.7 Å². The summed E-state index contributed by atoms with van der Waals surface area (Å²) in [5, 5.41) is 0.604. The van der Waals surface area contributed by atoms with E-state index in [4.69, 9.17) is 11.6 Å². The van der Waals surface area contributed by atoms with Crippen molar-refractivity contribution in [3.05, 3.63) is 94.8 Å². The third-order valence-corrected chi connectivity index (χ3v) is 7.33. The van der Waals surface area contributed by atoms with Gasteiger partial charge in [0.05, 0.1) is 12.1 Å². The highest BCUT2D eigenvalue weighted by Crippen LogP contribution is 2.43. The maximum Gasteiger partial charge on any atom is 0.258 e. The van der Waals surface area contributed by atoms with E-state index in [0.717, 1.165) is 30.0 Å². The molecular formula is C30H33ClFN3O2. The second-order valence-electron chi connectivity index (χ2n) is 9.23. The predicted octanol–water partition coefficient (Wildman–Crippen LogP) is 6.72. The van der Waals surface area contributed by atoms with Gasteiger partial charge in [-0.15, -0.1) is 0 Å². The van der Waals surface area contributed by atoms with Crippen LogP contribution in [0.4, 0.5) is 15.8 Å². The molecule has 0 bridgehead atoms. The molecule has 2 unspecified atom stereocenters. The van der Waals surface area contributed by atoms with Gasteiger partial charge in [-0.2, -0.15) is 0 Å². The third-order valence-electron chi connectivity index (χ3n) is 7.08. The van der Waals surface area contributed by atoms with Gasteiger partial charge in [0.1, 0.15) is 5.82 Å². The van der Waals surface area contributed by atoms with Crippen LogP contribution in [0, 0.1) is 5.82 Å². The molecule has 2 amide bonds. The first-order valence-electron chi connectivity index (χ1n) is 12.9. The number of amides is 2. The molecule has 7 heteroatoms.